The van der Waals surface area contributed by atoms with Crippen molar-refractivity contribution in [3.63, 3.8) is 0 Å². The molecule has 1 fully saturated rings. The van der Waals surface area contributed by atoms with Gasteiger partial charge in [0.15, 0.2) is 0 Å². The van der Waals surface area contributed by atoms with Gasteiger partial charge >= 0.3 is 0 Å². The number of halogens is 1. The molecule has 0 radical (unpaired) electrons. The zero-order valence-corrected chi connectivity index (χ0v) is 21.9. The Bertz CT molecular complexity index is 1410. The summed E-state index contributed by atoms with van der Waals surface area (Å²) in [4.78, 5) is 31.9. The molecule has 3 aromatic rings. The summed E-state index contributed by atoms with van der Waals surface area (Å²) in [5.41, 5.74) is 2.86. The highest BCUT2D eigenvalue weighted by molar-refractivity contribution is 8.23. The zero-order valence-electron chi connectivity index (χ0n) is 18.7. The Balaban J connectivity index is 1.19. The van der Waals surface area contributed by atoms with Gasteiger partial charge in [-0.25, -0.2) is 0 Å². The highest BCUT2D eigenvalue weighted by Crippen LogP contribution is 2.49. The molecule has 3 aliphatic heterocycles. The molecule has 4 heterocycles. The Morgan fingerprint density at radius 1 is 1.03 bits per heavy atom. The van der Waals surface area contributed by atoms with Crippen molar-refractivity contribution in [1.82, 2.24) is 9.47 Å². The Labute approximate surface area is 222 Å². The number of hydrogen-bond acceptors (Lipinski definition) is 5. The molecule has 0 spiro atoms. The predicted octanol–water partition coefficient (Wildman–Crippen LogP) is 5.77. The van der Waals surface area contributed by atoms with Crippen molar-refractivity contribution in [2.45, 2.75) is 28.7 Å². The van der Waals surface area contributed by atoms with Crippen molar-refractivity contribution in [2.24, 2.45) is 5.92 Å². The summed E-state index contributed by atoms with van der Waals surface area (Å²) in [7, 11) is 0. The van der Waals surface area contributed by atoms with Crippen molar-refractivity contribution in [1.29, 1.82) is 0 Å². The molecule has 35 heavy (non-hydrogen) atoms. The van der Waals surface area contributed by atoms with Crippen LogP contribution in [0.4, 0.5) is 11.4 Å². The van der Waals surface area contributed by atoms with Crippen LogP contribution in [-0.4, -0.2) is 38.5 Å². The number of carbonyl (C=O) groups excluding carboxylic acids is 1. The molecule has 0 unspecified atom stereocenters. The highest BCUT2D eigenvalue weighted by Gasteiger charge is 2.36. The first kappa shape index (κ1) is 23.2. The Morgan fingerprint density at radius 3 is 2.74 bits per heavy atom. The van der Waals surface area contributed by atoms with Gasteiger partial charge < -0.3 is 9.47 Å². The van der Waals surface area contributed by atoms with E-state index in [-0.39, 0.29) is 23.1 Å². The van der Waals surface area contributed by atoms with E-state index in [0.717, 1.165) is 57.2 Å². The van der Waals surface area contributed by atoms with Crippen LogP contribution in [0.5, 0.6) is 0 Å². The van der Waals surface area contributed by atoms with E-state index < -0.39 is 0 Å². The van der Waals surface area contributed by atoms with Gasteiger partial charge in [-0.05, 0) is 48.7 Å². The lowest BCUT2D eigenvalue weighted by molar-refractivity contribution is -0.115. The molecule has 0 aliphatic carbocycles. The molecule has 0 saturated carbocycles. The van der Waals surface area contributed by atoms with E-state index in [1.165, 1.54) is 11.8 Å². The van der Waals surface area contributed by atoms with Crippen LogP contribution in [0.25, 0.3) is 0 Å². The van der Waals surface area contributed by atoms with Crippen LogP contribution in [0.3, 0.4) is 0 Å². The van der Waals surface area contributed by atoms with Crippen LogP contribution >= 0.6 is 47.3 Å². The number of hydrogen-bond donors (Lipinski definition) is 0. The van der Waals surface area contributed by atoms with E-state index in [1.807, 2.05) is 53.1 Å². The number of anilines is 2. The second-order valence-electron chi connectivity index (χ2n) is 9.07. The fourth-order valence-electron chi connectivity index (χ4n) is 5.32. The molecule has 5 nitrogen and oxygen atoms in total. The number of benzene rings is 2. The number of piperidine rings is 1. The Hall–Kier alpha value is -2.26. The molecule has 1 amide bonds. The smallest absolute Gasteiger partial charge is 0.250 e. The molecular formula is C26H22ClN3O2S3. The lowest BCUT2D eigenvalue weighted by atomic mass is 9.83. The minimum absolute atomic E-state index is 0.0253. The summed E-state index contributed by atoms with van der Waals surface area (Å²) < 4.78 is 2.66. The number of thiocarbonyl (C=S) groups is 1. The molecule has 6 rings (SSSR count). The summed E-state index contributed by atoms with van der Waals surface area (Å²) in [5.74, 6) is 0.884. The van der Waals surface area contributed by atoms with Crippen LogP contribution in [0.1, 0.15) is 18.0 Å². The predicted molar refractivity (Wildman–Crippen MR) is 147 cm³/mol. The highest BCUT2D eigenvalue weighted by atomic mass is 35.5. The van der Waals surface area contributed by atoms with Crippen molar-refractivity contribution in [3.8, 4) is 0 Å². The van der Waals surface area contributed by atoms with E-state index in [2.05, 4.69) is 11.0 Å². The molecule has 2 aromatic carbocycles. The first-order valence-electron chi connectivity index (χ1n) is 11.5. The monoisotopic (exact) mass is 539 g/mol. The molecule has 1 saturated heterocycles. The van der Waals surface area contributed by atoms with Crippen molar-refractivity contribution < 1.29 is 4.79 Å². The second-order valence-corrected chi connectivity index (χ2v) is 12.2. The number of likely N-dealkylation sites (tertiary alicyclic amines) is 1. The Kier molecular flexibility index (Phi) is 6.16. The van der Waals surface area contributed by atoms with E-state index in [0.29, 0.717) is 10.9 Å². The average molecular weight is 540 g/mol. The van der Waals surface area contributed by atoms with Gasteiger partial charge in [0, 0.05) is 52.1 Å². The number of amides is 1. The molecule has 9 heteroatoms. The zero-order chi connectivity index (χ0) is 24.1. The molecule has 1 aromatic heterocycles. The number of carbonyl (C=O) groups is 1. The molecule has 2 bridgehead atoms. The van der Waals surface area contributed by atoms with Crippen molar-refractivity contribution in [2.75, 3.05) is 23.7 Å². The number of aromatic nitrogens is 1. The third kappa shape index (κ3) is 4.31. The van der Waals surface area contributed by atoms with Crippen LogP contribution in [0, 0.1) is 5.92 Å². The van der Waals surface area contributed by atoms with Gasteiger partial charge in [-0.2, -0.15) is 0 Å². The van der Waals surface area contributed by atoms with Crippen molar-refractivity contribution >= 4 is 68.9 Å². The number of para-hydroxylation sites is 1. The number of nitrogens with zero attached hydrogens (tertiary/aromatic N) is 3. The minimum Gasteiger partial charge on any atom is -0.356 e. The van der Waals surface area contributed by atoms with E-state index >= 15 is 0 Å². The lowest BCUT2D eigenvalue weighted by Gasteiger charge is -2.43. The van der Waals surface area contributed by atoms with Crippen LogP contribution < -0.4 is 10.5 Å². The molecule has 2 atom stereocenters. The second kappa shape index (κ2) is 9.32. The first-order chi connectivity index (χ1) is 17.0. The van der Waals surface area contributed by atoms with Crippen LogP contribution in [0.15, 0.2) is 75.2 Å². The molecular weight excluding hydrogens is 518 g/mol. The maximum Gasteiger partial charge on any atom is 0.250 e. The summed E-state index contributed by atoms with van der Waals surface area (Å²) in [6.07, 6.45) is 1.08. The van der Waals surface area contributed by atoms with Gasteiger partial charge in [-0.3, -0.25) is 14.5 Å². The topological polar surface area (TPSA) is 45.6 Å². The standard InChI is InChI=1S/C26H22ClN3O2S3/c27-18-8-9-23-21(11-18)30(20-4-1-2-6-22(20)35-23)25(32)15-34-26(33)28-12-16-10-17(14-28)19-5-3-7-24(31)29(19)13-16/h1-9,11,16-17H,10,12-15H2/t16-,17-/m0/s1. The van der Waals surface area contributed by atoms with E-state index in [4.69, 9.17) is 23.8 Å². The van der Waals surface area contributed by atoms with Gasteiger partial charge in [0.05, 0.1) is 17.1 Å². The quantitative estimate of drug-likeness (QED) is 0.385. The van der Waals surface area contributed by atoms with Gasteiger partial charge in [-0.1, -0.05) is 65.5 Å². The first-order valence-corrected chi connectivity index (χ1v) is 14.1. The van der Waals surface area contributed by atoms with Crippen LogP contribution in [0.2, 0.25) is 5.02 Å². The van der Waals surface area contributed by atoms with Gasteiger partial charge in [0.25, 0.3) is 5.56 Å². The summed E-state index contributed by atoms with van der Waals surface area (Å²) in [6, 6.07) is 19.1. The normalized spacial score (nSPS) is 20.0. The third-order valence-corrected chi connectivity index (χ3v) is 9.67. The summed E-state index contributed by atoms with van der Waals surface area (Å²) >= 11 is 15.2. The molecule has 0 N–H and O–H groups in total. The number of thioether (sulfide) groups is 1. The number of pyridine rings is 1. The van der Waals surface area contributed by atoms with E-state index in [1.54, 1.807) is 22.7 Å². The molecule has 178 valence electrons. The fraction of sp³-hybridized carbons (Fsp3) is 0.269. The van der Waals surface area contributed by atoms with E-state index in [9.17, 15) is 9.59 Å². The third-order valence-electron chi connectivity index (χ3n) is 6.79. The number of rotatable bonds is 2. The maximum atomic E-state index is 13.6. The van der Waals surface area contributed by atoms with Gasteiger partial charge in [-0.15, -0.1) is 0 Å². The van der Waals surface area contributed by atoms with Gasteiger partial charge in [0.2, 0.25) is 5.91 Å². The average Bonchev–Trinajstić information content (AvgIpc) is 2.86. The largest absolute Gasteiger partial charge is 0.356 e. The Morgan fingerprint density at radius 2 is 1.86 bits per heavy atom. The summed E-state index contributed by atoms with van der Waals surface area (Å²) in [5, 5.41) is 0.601. The van der Waals surface area contributed by atoms with Crippen molar-refractivity contribution in [3.05, 3.63) is 81.7 Å². The van der Waals surface area contributed by atoms with Gasteiger partial charge in [0.1, 0.15) is 4.32 Å². The lowest BCUT2D eigenvalue weighted by Crippen LogP contribution is -2.48. The van der Waals surface area contributed by atoms with Crippen LogP contribution in [-0.2, 0) is 11.3 Å². The molecule has 3 aliphatic rings. The SMILES string of the molecule is O=C(CSC(=S)N1C[C@@H]2C[C@@H](C1)c1cccc(=O)n1C2)N1c2ccccc2Sc2ccc(Cl)cc21. The number of fused-ring (bicyclic) bond motifs is 6. The minimum atomic E-state index is -0.0253. The maximum absolute atomic E-state index is 13.6. The summed E-state index contributed by atoms with van der Waals surface area (Å²) in [6.45, 7) is 2.33. The fourth-order valence-corrected chi connectivity index (χ4v) is 7.56.